The molecule has 1 heterocycles. The molecule has 0 saturated carbocycles. The van der Waals surface area contributed by atoms with Crippen LogP contribution in [0.4, 0.5) is 5.69 Å². The maximum absolute atomic E-state index is 5.94. The zero-order valence-corrected chi connectivity index (χ0v) is 12.4. The topological polar surface area (TPSA) is 40.2 Å². The molecule has 0 radical (unpaired) electrons. The largest absolute Gasteiger partial charge is 0.489 e. The van der Waals surface area contributed by atoms with Gasteiger partial charge in [-0.3, -0.25) is 0 Å². The minimum atomic E-state index is 0.404. The van der Waals surface area contributed by atoms with Crippen LogP contribution in [0, 0.1) is 0 Å². The van der Waals surface area contributed by atoms with E-state index in [-0.39, 0.29) is 0 Å². The second-order valence-corrected chi connectivity index (χ2v) is 5.53. The molecule has 0 fully saturated rings. The lowest BCUT2D eigenvalue weighted by atomic mass is 10.1. The number of nitrogen functional groups attached to an aromatic ring is 1. The Morgan fingerprint density at radius 2 is 1.86 bits per heavy atom. The van der Waals surface area contributed by atoms with E-state index in [4.69, 9.17) is 10.5 Å². The molecular weight excluding hydrogens is 260 g/mol. The molecule has 0 bridgehead atoms. The van der Waals surface area contributed by atoms with Crippen LogP contribution in [0.5, 0.6) is 5.75 Å². The van der Waals surface area contributed by atoms with E-state index in [1.165, 1.54) is 10.9 Å². The van der Waals surface area contributed by atoms with Gasteiger partial charge in [-0.25, -0.2) is 0 Å². The minimum absolute atomic E-state index is 0.404. The van der Waals surface area contributed by atoms with E-state index in [2.05, 4.69) is 30.7 Å². The van der Waals surface area contributed by atoms with Crippen LogP contribution in [0.3, 0.4) is 0 Å². The number of aromatic nitrogens is 1. The number of nitrogens with zero attached hydrogens (tertiary/aromatic N) is 1. The summed E-state index contributed by atoms with van der Waals surface area (Å²) in [6, 6.07) is 16.3. The third-order valence-corrected chi connectivity index (χ3v) is 3.63. The Kier molecular flexibility index (Phi) is 3.57. The van der Waals surface area contributed by atoms with E-state index < -0.39 is 0 Å². The van der Waals surface area contributed by atoms with Crippen molar-refractivity contribution in [2.45, 2.75) is 26.5 Å². The van der Waals surface area contributed by atoms with Crippen LogP contribution < -0.4 is 10.5 Å². The zero-order valence-electron chi connectivity index (χ0n) is 12.4. The van der Waals surface area contributed by atoms with Gasteiger partial charge < -0.3 is 15.0 Å². The zero-order chi connectivity index (χ0) is 14.8. The number of ether oxygens (including phenoxy) is 1. The number of nitrogens with two attached hydrogens (primary N) is 1. The molecular formula is C18H20N2O. The molecule has 3 nitrogen and oxygen atoms in total. The van der Waals surface area contributed by atoms with Crippen molar-refractivity contribution in [3.8, 4) is 5.75 Å². The Morgan fingerprint density at radius 1 is 1.10 bits per heavy atom. The number of para-hydroxylation sites is 1. The highest BCUT2D eigenvalue weighted by atomic mass is 16.5. The van der Waals surface area contributed by atoms with Gasteiger partial charge in [0, 0.05) is 34.4 Å². The first kappa shape index (κ1) is 13.6. The number of benzene rings is 2. The normalized spacial score (nSPS) is 11.2. The summed E-state index contributed by atoms with van der Waals surface area (Å²) < 4.78 is 8.14. The molecule has 2 N–H and O–H groups in total. The number of hydrogen-bond acceptors (Lipinski definition) is 2. The average molecular weight is 280 g/mol. The highest BCUT2D eigenvalue weighted by molar-refractivity contribution is 5.87. The number of rotatable bonds is 4. The van der Waals surface area contributed by atoms with E-state index in [9.17, 15) is 0 Å². The molecule has 0 aliphatic rings. The predicted octanol–water partition coefficient (Wildman–Crippen LogP) is 4.38. The lowest BCUT2D eigenvalue weighted by Crippen LogP contribution is -1.98. The fourth-order valence-corrected chi connectivity index (χ4v) is 2.56. The van der Waals surface area contributed by atoms with Gasteiger partial charge in [0.25, 0.3) is 0 Å². The van der Waals surface area contributed by atoms with Gasteiger partial charge in [-0.2, -0.15) is 0 Å². The van der Waals surface area contributed by atoms with E-state index in [0.29, 0.717) is 12.6 Å². The first-order chi connectivity index (χ1) is 10.1. The fraction of sp³-hybridized carbons (Fsp3) is 0.222. The molecule has 0 unspecified atom stereocenters. The summed E-state index contributed by atoms with van der Waals surface area (Å²) in [4.78, 5) is 0. The maximum atomic E-state index is 5.94. The lowest BCUT2D eigenvalue weighted by molar-refractivity contribution is 0.307. The fourth-order valence-electron chi connectivity index (χ4n) is 2.56. The van der Waals surface area contributed by atoms with Gasteiger partial charge in [0.2, 0.25) is 0 Å². The molecule has 0 amide bonds. The molecule has 3 rings (SSSR count). The van der Waals surface area contributed by atoms with E-state index in [1.54, 1.807) is 0 Å². The van der Waals surface area contributed by atoms with Crippen molar-refractivity contribution >= 4 is 16.6 Å². The Hall–Kier alpha value is -2.42. The van der Waals surface area contributed by atoms with Crippen LogP contribution in [0.1, 0.15) is 25.5 Å². The standard InChI is InChI=1S/C18H20N2O/c1-13(2)20-11-14(12-21-16-6-4-3-5-7-16)17-10-15(19)8-9-18(17)20/h3-11,13H,12,19H2,1-2H3. The van der Waals surface area contributed by atoms with Gasteiger partial charge in [0.15, 0.2) is 0 Å². The molecule has 0 saturated heterocycles. The van der Waals surface area contributed by atoms with Gasteiger partial charge in [0.05, 0.1) is 0 Å². The summed E-state index contributed by atoms with van der Waals surface area (Å²) in [5.41, 5.74) is 9.08. The third kappa shape index (κ3) is 2.72. The Morgan fingerprint density at radius 3 is 2.57 bits per heavy atom. The second kappa shape index (κ2) is 5.52. The molecule has 3 aromatic rings. The van der Waals surface area contributed by atoms with Crippen LogP contribution >= 0.6 is 0 Å². The van der Waals surface area contributed by atoms with Crippen LogP contribution in [-0.2, 0) is 6.61 Å². The Labute approximate surface area is 125 Å². The molecule has 0 aliphatic heterocycles. The summed E-state index contributed by atoms with van der Waals surface area (Å²) in [7, 11) is 0. The lowest BCUT2D eigenvalue weighted by Gasteiger charge is -2.08. The van der Waals surface area contributed by atoms with Crippen molar-refractivity contribution < 1.29 is 4.74 Å². The summed E-state index contributed by atoms with van der Waals surface area (Å²) in [6.45, 7) is 4.90. The first-order valence-corrected chi connectivity index (χ1v) is 7.22. The van der Waals surface area contributed by atoms with E-state index in [0.717, 1.165) is 17.0 Å². The van der Waals surface area contributed by atoms with Crippen LogP contribution in [0.2, 0.25) is 0 Å². The van der Waals surface area contributed by atoms with Gasteiger partial charge >= 0.3 is 0 Å². The van der Waals surface area contributed by atoms with Crippen LogP contribution in [0.25, 0.3) is 10.9 Å². The Balaban J connectivity index is 1.96. The molecule has 0 aliphatic carbocycles. The predicted molar refractivity (Wildman–Crippen MR) is 87.5 cm³/mol. The summed E-state index contributed by atoms with van der Waals surface area (Å²) in [6.07, 6.45) is 2.16. The van der Waals surface area contributed by atoms with E-state index in [1.807, 2.05) is 42.5 Å². The average Bonchev–Trinajstić information content (AvgIpc) is 2.84. The number of fused-ring (bicyclic) bond motifs is 1. The maximum Gasteiger partial charge on any atom is 0.119 e. The number of hydrogen-bond donors (Lipinski definition) is 1. The summed E-state index contributed by atoms with van der Waals surface area (Å²) in [5, 5.41) is 1.17. The Bertz CT molecular complexity index is 745. The minimum Gasteiger partial charge on any atom is -0.489 e. The molecule has 0 atom stereocenters. The van der Waals surface area contributed by atoms with Crippen LogP contribution in [-0.4, -0.2) is 4.57 Å². The van der Waals surface area contributed by atoms with Crippen molar-refractivity contribution in [1.82, 2.24) is 4.57 Å². The first-order valence-electron chi connectivity index (χ1n) is 7.22. The van der Waals surface area contributed by atoms with Gasteiger partial charge in [-0.15, -0.1) is 0 Å². The van der Waals surface area contributed by atoms with Gasteiger partial charge in [-0.1, -0.05) is 18.2 Å². The second-order valence-electron chi connectivity index (χ2n) is 5.53. The van der Waals surface area contributed by atoms with Crippen molar-refractivity contribution in [2.24, 2.45) is 0 Å². The SMILES string of the molecule is CC(C)n1cc(COc2ccccc2)c2cc(N)ccc21. The highest BCUT2D eigenvalue weighted by Crippen LogP contribution is 2.27. The third-order valence-electron chi connectivity index (χ3n) is 3.63. The van der Waals surface area contributed by atoms with Crippen molar-refractivity contribution in [3.05, 3.63) is 60.3 Å². The molecule has 1 aromatic heterocycles. The highest BCUT2D eigenvalue weighted by Gasteiger charge is 2.11. The molecule has 108 valence electrons. The van der Waals surface area contributed by atoms with Crippen LogP contribution in [0.15, 0.2) is 54.7 Å². The van der Waals surface area contributed by atoms with E-state index >= 15 is 0 Å². The quantitative estimate of drug-likeness (QED) is 0.720. The monoisotopic (exact) mass is 280 g/mol. The van der Waals surface area contributed by atoms with Gasteiger partial charge in [0.1, 0.15) is 12.4 Å². The van der Waals surface area contributed by atoms with Crippen molar-refractivity contribution in [1.29, 1.82) is 0 Å². The summed E-state index contributed by atoms with van der Waals surface area (Å²) in [5.74, 6) is 0.881. The van der Waals surface area contributed by atoms with Crippen molar-refractivity contribution in [2.75, 3.05) is 5.73 Å². The molecule has 3 heteroatoms. The summed E-state index contributed by atoms with van der Waals surface area (Å²) >= 11 is 0. The number of anilines is 1. The molecule has 2 aromatic carbocycles. The molecule has 21 heavy (non-hydrogen) atoms. The van der Waals surface area contributed by atoms with Gasteiger partial charge in [-0.05, 0) is 44.2 Å². The smallest absolute Gasteiger partial charge is 0.119 e. The molecule has 0 spiro atoms. The van der Waals surface area contributed by atoms with Crippen molar-refractivity contribution in [3.63, 3.8) is 0 Å².